The lowest BCUT2D eigenvalue weighted by Crippen LogP contribution is -2.31. The van der Waals surface area contributed by atoms with Gasteiger partial charge in [0, 0.05) is 4.83 Å². The van der Waals surface area contributed by atoms with Gasteiger partial charge in [-0.2, -0.15) is 0 Å². The van der Waals surface area contributed by atoms with Crippen molar-refractivity contribution in [2.24, 2.45) is 0 Å². The zero-order chi connectivity index (χ0) is 6.78. The third-order valence-electron chi connectivity index (χ3n) is 1.57. The van der Waals surface area contributed by atoms with Gasteiger partial charge in [-0.1, -0.05) is 22.9 Å². The van der Waals surface area contributed by atoms with Crippen LogP contribution < -0.4 is 0 Å². The van der Waals surface area contributed by atoms with Gasteiger partial charge >= 0.3 is 0 Å². The van der Waals surface area contributed by atoms with Crippen molar-refractivity contribution in [3.63, 3.8) is 0 Å². The Kier molecular flexibility index (Phi) is 2.99. The van der Waals surface area contributed by atoms with Crippen LogP contribution in [-0.4, -0.2) is 15.5 Å². The van der Waals surface area contributed by atoms with Crippen LogP contribution in [0, 0.1) is 0 Å². The average Bonchev–Trinajstić information content (AvgIpc) is 1.67. The van der Waals surface area contributed by atoms with E-state index in [1.807, 2.05) is 20.8 Å². The van der Waals surface area contributed by atoms with Crippen LogP contribution in [0.4, 0.5) is 0 Å². The smallest absolute Gasteiger partial charge is 0.0738 e. The molecule has 0 fully saturated rings. The quantitative estimate of drug-likeness (QED) is 0.645. The van der Waals surface area contributed by atoms with Crippen LogP contribution >= 0.6 is 15.9 Å². The molecule has 0 heterocycles. The highest BCUT2D eigenvalue weighted by Crippen LogP contribution is 2.19. The fourth-order valence-electron chi connectivity index (χ4n) is 0.281. The van der Waals surface area contributed by atoms with Crippen molar-refractivity contribution in [3.05, 3.63) is 0 Å². The summed E-state index contributed by atoms with van der Waals surface area (Å²) in [6.45, 7) is 5.74. The van der Waals surface area contributed by atoms with Crippen molar-refractivity contribution in [3.8, 4) is 0 Å². The van der Waals surface area contributed by atoms with E-state index >= 15 is 0 Å². The van der Waals surface area contributed by atoms with Crippen LogP contribution in [0.25, 0.3) is 0 Å². The van der Waals surface area contributed by atoms with Gasteiger partial charge in [-0.15, -0.1) is 0 Å². The minimum atomic E-state index is -0.542. The molecule has 8 heavy (non-hydrogen) atoms. The minimum absolute atomic E-state index is 0.181. The van der Waals surface area contributed by atoms with Gasteiger partial charge in [-0.05, 0) is 20.3 Å². The van der Waals surface area contributed by atoms with E-state index in [-0.39, 0.29) is 4.83 Å². The van der Waals surface area contributed by atoms with Crippen molar-refractivity contribution < 1.29 is 5.11 Å². The molecule has 2 unspecified atom stereocenters. The molecule has 50 valence electrons. The maximum atomic E-state index is 9.35. The largest absolute Gasteiger partial charge is 0.389 e. The second kappa shape index (κ2) is 2.83. The van der Waals surface area contributed by atoms with E-state index in [9.17, 15) is 5.11 Å². The molecule has 0 radical (unpaired) electrons. The fourth-order valence-corrected chi connectivity index (χ4v) is 0.605. The molecule has 0 saturated carbocycles. The van der Waals surface area contributed by atoms with E-state index < -0.39 is 5.60 Å². The van der Waals surface area contributed by atoms with E-state index in [0.29, 0.717) is 0 Å². The highest BCUT2D eigenvalue weighted by molar-refractivity contribution is 9.09. The molecule has 2 atom stereocenters. The van der Waals surface area contributed by atoms with Gasteiger partial charge < -0.3 is 5.11 Å². The van der Waals surface area contributed by atoms with Gasteiger partial charge in [0.25, 0.3) is 0 Å². The zero-order valence-corrected chi connectivity index (χ0v) is 7.20. The highest BCUT2D eigenvalue weighted by Gasteiger charge is 2.22. The Bertz CT molecular complexity index is 68.9. The number of hydrogen-bond acceptors (Lipinski definition) is 1. The Morgan fingerprint density at radius 3 is 2.12 bits per heavy atom. The summed E-state index contributed by atoms with van der Waals surface area (Å²) in [6, 6.07) is 0. The number of alkyl halides is 1. The molecule has 2 heteroatoms. The molecule has 0 aliphatic carbocycles. The minimum Gasteiger partial charge on any atom is -0.389 e. The van der Waals surface area contributed by atoms with Gasteiger partial charge in [0.1, 0.15) is 0 Å². The summed E-state index contributed by atoms with van der Waals surface area (Å²) < 4.78 is 0. The molecule has 1 N–H and O–H groups in total. The summed E-state index contributed by atoms with van der Waals surface area (Å²) >= 11 is 3.31. The first-order chi connectivity index (χ1) is 3.50. The number of halogens is 1. The van der Waals surface area contributed by atoms with Crippen LogP contribution in [0.15, 0.2) is 0 Å². The molecule has 0 spiro atoms. The highest BCUT2D eigenvalue weighted by atomic mass is 79.9. The number of hydrogen-bond donors (Lipinski definition) is 1. The third-order valence-corrected chi connectivity index (χ3v) is 2.56. The van der Waals surface area contributed by atoms with Gasteiger partial charge in [0.15, 0.2) is 0 Å². The van der Waals surface area contributed by atoms with Crippen molar-refractivity contribution in [1.82, 2.24) is 0 Å². The maximum Gasteiger partial charge on any atom is 0.0738 e. The van der Waals surface area contributed by atoms with E-state index in [0.717, 1.165) is 6.42 Å². The van der Waals surface area contributed by atoms with E-state index in [1.165, 1.54) is 0 Å². The van der Waals surface area contributed by atoms with Crippen LogP contribution in [0.3, 0.4) is 0 Å². The van der Waals surface area contributed by atoms with Crippen LogP contribution in [0.5, 0.6) is 0 Å². The Morgan fingerprint density at radius 1 is 1.75 bits per heavy atom. The molecule has 0 rings (SSSR count). The van der Waals surface area contributed by atoms with E-state index in [4.69, 9.17) is 0 Å². The Morgan fingerprint density at radius 2 is 2.12 bits per heavy atom. The third kappa shape index (κ3) is 2.14. The van der Waals surface area contributed by atoms with Gasteiger partial charge in [-0.3, -0.25) is 0 Å². The predicted octanol–water partition coefficient (Wildman–Crippen LogP) is 1.93. The van der Waals surface area contributed by atoms with Crippen LogP contribution in [-0.2, 0) is 0 Å². The SMILES string of the molecule is CCC(C)(O)C(C)Br. The summed E-state index contributed by atoms with van der Waals surface area (Å²) in [5, 5.41) is 9.35. The summed E-state index contributed by atoms with van der Waals surface area (Å²) in [7, 11) is 0. The molecule has 0 amide bonds. The second-order valence-electron chi connectivity index (χ2n) is 2.33. The van der Waals surface area contributed by atoms with Gasteiger partial charge in [0.2, 0.25) is 0 Å². The molecule has 0 aliphatic heterocycles. The summed E-state index contributed by atoms with van der Waals surface area (Å²) in [4.78, 5) is 0.181. The van der Waals surface area contributed by atoms with Crippen molar-refractivity contribution >= 4 is 15.9 Å². The standard InChI is InChI=1S/C6H13BrO/c1-4-6(3,8)5(2)7/h5,8H,4H2,1-3H3. The molecule has 1 nitrogen and oxygen atoms in total. The lowest BCUT2D eigenvalue weighted by Gasteiger charge is -2.23. The topological polar surface area (TPSA) is 20.2 Å². The van der Waals surface area contributed by atoms with Crippen LogP contribution in [0.1, 0.15) is 27.2 Å². The monoisotopic (exact) mass is 180 g/mol. The van der Waals surface area contributed by atoms with E-state index in [1.54, 1.807) is 0 Å². The number of aliphatic hydroxyl groups is 1. The first kappa shape index (κ1) is 8.44. The summed E-state index contributed by atoms with van der Waals surface area (Å²) in [5.41, 5.74) is -0.542. The molecule has 0 saturated heterocycles. The first-order valence-electron chi connectivity index (χ1n) is 2.87. The Hall–Kier alpha value is 0.440. The Balaban J connectivity index is 3.71. The molecule has 0 aromatic rings. The van der Waals surface area contributed by atoms with Crippen LogP contribution in [0.2, 0.25) is 0 Å². The van der Waals surface area contributed by atoms with Gasteiger partial charge in [0.05, 0.1) is 5.60 Å². The second-order valence-corrected chi connectivity index (χ2v) is 3.70. The molecule has 0 aromatic heterocycles. The Labute approximate surface area is 59.2 Å². The molecule has 0 aromatic carbocycles. The molecular formula is C6H13BrO. The van der Waals surface area contributed by atoms with Crippen molar-refractivity contribution in [2.45, 2.75) is 37.6 Å². The zero-order valence-electron chi connectivity index (χ0n) is 5.61. The van der Waals surface area contributed by atoms with Crippen molar-refractivity contribution in [1.29, 1.82) is 0 Å². The normalized spacial score (nSPS) is 22.1. The van der Waals surface area contributed by atoms with Crippen molar-refractivity contribution in [2.75, 3.05) is 0 Å². The predicted molar refractivity (Wildman–Crippen MR) is 39.3 cm³/mol. The molecule has 0 bridgehead atoms. The average molecular weight is 181 g/mol. The first-order valence-corrected chi connectivity index (χ1v) is 3.78. The fraction of sp³-hybridized carbons (Fsp3) is 1.00. The van der Waals surface area contributed by atoms with E-state index in [2.05, 4.69) is 15.9 Å². The molecule has 0 aliphatic rings. The van der Waals surface area contributed by atoms with Gasteiger partial charge in [-0.25, -0.2) is 0 Å². The summed E-state index contributed by atoms with van der Waals surface area (Å²) in [5.74, 6) is 0. The maximum absolute atomic E-state index is 9.35. The lowest BCUT2D eigenvalue weighted by atomic mass is 10.0. The summed E-state index contributed by atoms with van der Waals surface area (Å²) in [6.07, 6.45) is 0.791. The molecular weight excluding hydrogens is 168 g/mol. The number of rotatable bonds is 2. The lowest BCUT2D eigenvalue weighted by molar-refractivity contribution is 0.0598.